The van der Waals surface area contributed by atoms with Gasteiger partial charge >= 0.3 is 0 Å². The number of carbonyl (C=O) groups is 2. The lowest BCUT2D eigenvalue weighted by atomic mass is 10.2. The van der Waals surface area contributed by atoms with Crippen LogP contribution in [0, 0.1) is 0 Å². The number of para-hydroxylation sites is 1. The zero-order valence-corrected chi connectivity index (χ0v) is 14.0. The highest BCUT2D eigenvalue weighted by molar-refractivity contribution is 9.10. The highest BCUT2D eigenvalue weighted by Crippen LogP contribution is 2.20. The topological polar surface area (TPSA) is 114 Å². The van der Waals surface area contributed by atoms with Crippen molar-refractivity contribution in [2.75, 3.05) is 6.61 Å². The van der Waals surface area contributed by atoms with Crippen LogP contribution < -0.4 is 15.9 Å². The van der Waals surface area contributed by atoms with Crippen LogP contribution in [0.1, 0.15) is 15.9 Å². The van der Waals surface area contributed by atoms with E-state index in [-0.39, 0.29) is 23.7 Å². The number of halogens is 1. The quantitative estimate of drug-likeness (QED) is 0.514. The molecule has 8 heteroatoms. The van der Waals surface area contributed by atoms with Gasteiger partial charge in [0, 0.05) is 10.0 Å². The summed E-state index contributed by atoms with van der Waals surface area (Å²) >= 11 is 3.27. The number of carbonyl (C=O) groups excluding carboxylic acids is 2. The second kappa shape index (κ2) is 8.11. The average Bonchev–Trinajstić information content (AvgIpc) is 2.56. The Kier molecular flexibility index (Phi) is 5.91. The number of amides is 2. The third kappa shape index (κ3) is 4.82. The van der Waals surface area contributed by atoms with Gasteiger partial charge in [0.05, 0.1) is 11.8 Å². The van der Waals surface area contributed by atoms with Crippen LogP contribution >= 0.6 is 15.9 Å². The van der Waals surface area contributed by atoms with Crippen molar-refractivity contribution in [2.45, 2.75) is 0 Å². The van der Waals surface area contributed by atoms with Crippen LogP contribution in [0.2, 0.25) is 0 Å². The lowest BCUT2D eigenvalue weighted by molar-refractivity contribution is -0.123. The minimum absolute atomic E-state index is 0.0304. The van der Waals surface area contributed by atoms with Gasteiger partial charge in [-0.25, -0.2) is 5.43 Å². The molecule has 0 heterocycles. The van der Waals surface area contributed by atoms with Crippen molar-refractivity contribution in [1.82, 2.24) is 5.43 Å². The first-order chi connectivity index (χ1) is 11.5. The van der Waals surface area contributed by atoms with Crippen LogP contribution in [-0.4, -0.2) is 29.7 Å². The highest BCUT2D eigenvalue weighted by atomic mass is 79.9. The average molecular weight is 392 g/mol. The van der Waals surface area contributed by atoms with E-state index in [0.717, 1.165) is 4.47 Å². The maximum atomic E-state index is 11.7. The first-order valence-electron chi connectivity index (χ1n) is 6.79. The predicted molar refractivity (Wildman–Crippen MR) is 92.0 cm³/mol. The monoisotopic (exact) mass is 391 g/mol. The van der Waals surface area contributed by atoms with Gasteiger partial charge in [0.15, 0.2) is 6.61 Å². The normalized spacial score (nSPS) is 10.5. The van der Waals surface area contributed by atoms with E-state index in [1.54, 1.807) is 24.3 Å². The number of hydrogen-bond acceptors (Lipinski definition) is 5. The number of rotatable bonds is 6. The fourth-order valence-corrected chi connectivity index (χ4v) is 2.15. The number of nitrogens with zero attached hydrogens (tertiary/aromatic N) is 1. The molecule has 0 fully saturated rings. The molecule has 2 aromatic rings. The summed E-state index contributed by atoms with van der Waals surface area (Å²) in [5.74, 6) is -0.925. The Hall–Kier alpha value is -2.87. The van der Waals surface area contributed by atoms with Gasteiger partial charge in [-0.05, 0) is 30.3 Å². The van der Waals surface area contributed by atoms with Crippen molar-refractivity contribution in [2.24, 2.45) is 10.8 Å². The number of aromatic hydroxyl groups is 1. The van der Waals surface area contributed by atoms with Crippen LogP contribution in [0.5, 0.6) is 11.5 Å². The molecule has 4 N–H and O–H groups in total. The SMILES string of the molecule is NC(=O)c1ccccc1OCC(=O)N/N=C/c1cc(Br)ccc1O. The summed E-state index contributed by atoms with van der Waals surface area (Å²) < 4.78 is 6.03. The second-order valence-electron chi connectivity index (χ2n) is 4.65. The molecule has 0 saturated heterocycles. The lowest BCUT2D eigenvalue weighted by Gasteiger charge is -2.08. The Labute approximate surface area is 146 Å². The predicted octanol–water partition coefficient (Wildman–Crippen LogP) is 1.78. The summed E-state index contributed by atoms with van der Waals surface area (Å²) in [4.78, 5) is 22.9. The molecule has 24 heavy (non-hydrogen) atoms. The third-order valence-electron chi connectivity index (χ3n) is 2.89. The van der Waals surface area contributed by atoms with Gasteiger partial charge in [0.2, 0.25) is 0 Å². The summed E-state index contributed by atoms with van der Waals surface area (Å²) in [5.41, 5.74) is 8.10. The van der Waals surface area contributed by atoms with E-state index in [1.807, 2.05) is 0 Å². The van der Waals surface area contributed by atoms with Crippen LogP contribution in [0.4, 0.5) is 0 Å². The number of hydrazone groups is 1. The number of nitrogens with two attached hydrogens (primary N) is 1. The van der Waals surface area contributed by atoms with E-state index in [9.17, 15) is 14.7 Å². The molecule has 2 rings (SSSR count). The van der Waals surface area contributed by atoms with Crippen molar-refractivity contribution in [1.29, 1.82) is 0 Å². The summed E-state index contributed by atoms with van der Waals surface area (Å²) in [6, 6.07) is 11.2. The maximum Gasteiger partial charge on any atom is 0.277 e. The van der Waals surface area contributed by atoms with E-state index in [1.165, 1.54) is 24.4 Å². The Balaban J connectivity index is 1.91. The first-order valence-corrected chi connectivity index (χ1v) is 7.58. The molecule has 0 saturated carbocycles. The second-order valence-corrected chi connectivity index (χ2v) is 5.56. The highest BCUT2D eigenvalue weighted by Gasteiger charge is 2.10. The molecule has 7 nitrogen and oxygen atoms in total. The number of benzene rings is 2. The van der Waals surface area contributed by atoms with Gasteiger partial charge in [0.1, 0.15) is 11.5 Å². The molecule has 0 aromatic heterocycles. The molecule has 0 bridgehead atoms. The largest absolute Gasteiger partial charge is 0.507 e. The third-order valence-corrected chi connectivity index (χ3v) is 3.39. The lowest BCUT2D eigenvalue weighted by Crippen LogP contribution is -2.25. The van der Waals surface area contributed by atoms with Crippen LogP contribution in [0.3, 0.4) is 0 Å². The number of primary amides is 1. The molecular weight excluding hydrogens is 378 g/mol. The van der Waals surface area contributed by atoms with Gasteiger partial charge in [-0.3, -0.25) is 9.59 Å². The number of nitrogens with one attached hydrogen (secondary N) is 1. The molecule has 2 amide bonds. The van der Waals surface area contributed by atoms with Crippen LogP contribution in [0.25, 0.3) is 0 Å². The molecule has 2 aromatic carbocycles. The number of hydrogen-bond donors (Lipinski definition) is 3. The molecule has 0 unspecified atom stereocenters. The Morgan fingerprint density at radius 3 is 2.79 bits per heavy atom. The van der Waals surface area contributed by atoms with Crippen molar-refractivity contribution >= 4 is 34.0 Å². The van der Waals surface area contributed by atoms with E-state index in [2.05, 4.69) is 26.5 Å². The molecule has 0 aliphatic rings. The van der Waals surface area contributed by atoms with Gasteiger partial charge in [0.25, 0.3) is 11.8 Å². The smallest absolute Gasteiger partial charge is 0.277 e. The first kappa shape index (κ1) is 17.5. The standard InChI is InChI=1S/C16H14BrN3O4/c17-11-5-6-13(21)10(7-11)8-19-20-15(22)9-24-14-4-2-1-3-12(14)16(18)23/h1-8,21H,9H2,(H2,18,23)(H,20,22)/b19-8+. The fraction of sp³-hybridized carbons (Fsp3) is 0.0625. The minimum atomic E-state index is -0.644. The zero-order chi connectivity index (χ0) is 17.5. The van der Waals surface area contributed by atoms with Crippen molar-refractivity contribution in [3.63, 3.8) is 0 Å². The Morgan fingerprint density at radius 2 is 2.04 bits per heavy atom. The van der Waals surface area contributed by atoms with E-state index in [0.29, 0.717) is 5.56 Å². The van der Waals surface area contributed by atoms with E-state index < -0.39 is 11.8 Å². The Morgan fingerprint density at radius 1 is 1.29 bits per heavy atom. The number of ether oxygens (including phenoxy) is 1. The van der Waals surface area contributed by atoms with Crippen molar-refractivity contribution < 1.29 is 19.4 Å². The van der Waals surface area contributed by atoms with Gasteiger partial charge < -0.3 is 15.6 Å². The molecule has 0 aliphatic heterocycles. The summed E-state index contributed by atoms with van der Waals surface area (Å²) in [6.07, 6.45) is 1.30. The summed E-state index contributed by atoms with van der Waals surface area (Å²) in [7, 11) is 0. The van der Waals surface area contributed by atoms with Crippen LogP contribution in [0.15, 0.2) is 52.0 Å². The molecule has 0 atom stereocenters. The van der Waals surface area contributed by atoms with Gasteiger partial charge in [-0.1, -0.05) is 28.1 Å². The summed E-state index contributed by atoms with van der Waals surface area (Å²) in [6.45, 7) is -0.341. The fourth-order valence-electron chi connectivity index (χ4n) is 1.77. The maximum absolute atomic E-state index is 11.7. The molecule has 0 spiro atoms. The van der Waals surface area contributed by atoms with Crippen molar-refractivity contribution in [3.05, 3.63) is 58.1 Å². The van der Waals surface area contributed by atoms with Crippen molar-refractivity contribution in [3.8, 4) is 11.5 Å². The van der Waals surface area contributed by atoms with E-state index in [4.69, 9.17) is 10.5 Å². The number of phenolic OH excluding ortho intramolecular Hbond substituents is 1. The number of phenols is 1. The summed E-state index contributed by atoms with van der Waals surface area (Å²) in [5, 5.41) is 13.4. The zero-order valence-electron chi connectivity index (χ0n) is 12.4. The molecule has 0 radical (unpaired) electrons. The van der Waals surface area contributed by atoms with Gasteiger partial charge in [-0.2, -0.15) is 5.10 Å². The molecule has 124 valence electrons. The van der Waals surface area contributed by atoms with E-state index >= 15 is 0 Å². The van der Waals surface area contributed by atoms with Crippen LogP contribution in [-0.2, 0) is 4.79 Å². The minimum Gasteiger partial charge on any atom is -0.507 e. The molecular formula is C16H14BrN3O4. The molecule has 0 aliphatic carbocycles. The Bertz CT molecular complexity index is 793. The van der Waals surface area contributed by atoms with Gasteiger partial charge in [-0.15, -0.1) is 0 Å².